The van der Waals surface area contributed by atoms with Crippen molar-refractivity contribution in [1.29, 1.82) is 0 Å². The Hall–Kier alpha value is -0.450. The van der Waals surface area contributed by atoms with Crippen LogP contribution >= 0.6 is 0 Å². The van der Waals surface area contributed by atoms with Crippen molar-refractivity contribution in [2.75, 3.05) is 6.61 Å². The third-order valence-corrected chi connectivity index (χ3v) is 1.22. The Morgan fingerprint density at radius 3 is 2.25 bits per heavy atom. The molecule has 72 valence electrons. The molecule has 0 aliphatic rings. The molecule has 0 spiro atoms. The number of aliphatic hydroxyl groups excluding tert-OH is 2. The Kier molecular flexibility index (Phi) is 4.37. The molecule has 0 radical (unpaired) electrons. The molecule has 4 nitrogen and oxygen atoms in total. The normalized spacial score (nSPS) is 17.1. The summed E-state index contributed by atoms with van der Waals surface area (Å²) >= 11 is 0. The maximum Gasteiger partial charge on any atom is 0.151 e. The van der Waals surface area contributed by atoms with Gasteiger partial charge in [0.1, 0.15) is 12.2 Å². The SMILES string of the molecule is CC(C)(C)OCC(O)C(O)C=O. The predicted octanol–water partition coefficient (Wildman–Crippen LogP) is -0.278. The Balaban J connectivity index is 3.71. The average molecular weight is 176 g/mol. The van der Waals surface area contributed by atoms with Crippen LogP contribution in [0, 0.1) is 0 Å². The minimum atomic E-state index is -1.35. The minimum absolute atomic E-state index is 0.0383. The van der Waals surface area contributed by atoms with Gasteiger partial charge in [-0.3, -0.25) is 0 Å². The lowest BCUT2D eigenvalue weighted by molar-refractivity contribution is -0.127. The Bertz CT molecular complexity index is 138. The average Bonchev–Trinajstić information content (AvgIpc) is 1.97. The van der Waals surface area contributed by atoms with Crippen molar-refractivity contribution in [3.8, 4) is 0 Å². The standard InChI is InChI=1S/C8H16O4/c1-8(2,3)12-5-7(11)6(10)4-9/h4,6-7,10-11H,5H2,1-3H3. The predicted molar refractivity (Wildman–Crippen MR) is 43.8 cm³/mol. The smallest absolute Gasteiger partial charge is 0.151 e. The maximum absolute atomic E-state index is 10.0. The second-order valence-corrected chi connectivity index (χ2v) is 3.62. The molecule has 0 aromatic carbocycles. The van der Waals surface area contributed by atoms with Crippen molar-refractivity contribution in [3.05, 3.63) is 0 Å². The third-order valence-electron chi connectivity index (χ3n) is 1.22. The highest BCUT2D eigenvalue weighted by Gasteiger charge is 2.18. The summed E-state index contributed by atoms with van der Waals surface area (Å²) in [6.45, 7) is 5.44. The minimum Gasteiger partial charge on any atom is -0.388 e. The van der Waals surface area contributed by atoms with Crippen LogP contribution in [0.2, 0.25) is 0 Å². The number of carbonyl (C=O) groups is 1. The molecular formula is C8H16O4. The zero-order chi connectivity index (χ0) is 9.78. The molecule has 0 rings (SSSR count). The maximum atomic E-state index is 10.0. The first-order chi connectivity index (χ1) is 5.37. The van der Waals surface area contributed by atoms with Gasteiger partial charge in [-0.05, 0) is 20.8 Å². The molecule has 0 fully saturated rings. The van der Waals surface area contributed by atoms with Gasteiger partial charge in [-0.1, -0.05) is 0 Å². The van der Waals surface area contributed by atoms with Crippen LogP contribution in [0.4, 0.5) is 0 Å². The van der Waals surface area contributed by atoms with Crippen molar-refractivity contribution in [1.82, 2.24) is 0 Å². The van der Waals surface area contributed by atoms with Gasteiger partial charge >= 0.3 is 0 Å². The fraction of sp³-hybridized carbons (Fsp3) is 0.875. The van der Waals surface area contributed by atoms with Gasteiger partial charge in [-0.25, -0.2) is 0 Å². The van der Waals surface area contributed by atoms with E-state index in [1.54, 1.807) is 0 Å². The molecule has 0 aliphatic carbocycles. The van der Waals surface area contributed by atoms with Gasteiger partial charge in [0.25, 0.3) is 0 Å². The van der Waals surface area contributed by atoms with Crippen LogP contribution in [-0.4, -0.2) is 40.9 Å². The van der Waals surface area contributed by atoms with Gasteiger partial charge in [-0.15, -0.1) is 0 Å². The number of hydrogen-bond acceptors (Lipinski definition) is 4. The number of carbonyl (C=O) groups excluding carboxylic acids is 1. The van der Waals surface area contributed by atoms with E-state index in [1.165, 1.54) is 0 Å². The molecule has 0 bridgehead atoms. The molecule has 0 saturated heterocycles. The first-order valence-corrected chi connectivity index (χ1v) is 3.82. The Labute approximate surface area is 72.2 Å². The van der Waals surface area contributed by atoms with Crippen molar-refractivity contribution in [2.45, 2.75) is 38.6 Å². The molecule has 0 aromatic rings. The van der Waals surface area contributed by atoms with Crippen molar-refractivity contribution in [3.63, 3.8) is 0 Å². The lowest BCUT2D eigenvalue weighted by Gasteiger charge is -2.22. The van der Waals surface area contributed by atoms with E-state index >= 15 is 0 Å². The van der Waals surface area contributed by atoms with E-state index in [9.17, 15) is 4.79 Å². The van der Waals surface area contributed by atoms with Crippen LogP contribution in [0.1, 0.15) is 20.8 Å². The summed E-state index contributed by atoms with van der Waals surface area (Å²) in [4.78, 5) is 10.0. The summed E-state index contributed by atoms with van der Waals surface area (Å²) in [5, 5.41) is 17.9. The molecule has 0 amide bonds. The monoisotopic (exact) mass is 176 g/mol. The van der Waals surface area contributed by atoms with E-state index in [1.807, 2.05) is 20.8 Å². The summed E-state index contributed by atoms with van der Waals surface area (Å²) in [7, 11) is 0. The van der Waals surface area contributed by atoms with Crippen LogP contribution in [0.25, 0.3) is 0 Å². The number of rotatable bonds is 4. The van der Waals surface area contributed by atoms with E-state index in [0.29, 0.717) is 0 Å². The second kappa shape index (κ2) is 4.54. The summed E-state index contributed by atoms with van der Waals surface area (Å²) in [6.07, 6.45) is -2.20. The molecule has 2 atom stereocenters. The van der Waals surface area contributed by atoms with Gasteiger partial charge in [0.05, 0.1) is 12.2 Å². The summed E-state index contributed by atoms with van der Waals surface area (Å²) in [5.74, 6) is 0. The zero-order valence-electron chi connectivity index (χ0n) is 7.65. The summed E-state index contributed by atoms with van der Waals surface area (Å²) < 4.78 is 5.15. The van der Waals surface area contributed by atoms with Crippen LogP contribution in [0.5, 0.6) is 0 Å². The van der Waals surface area contributed by atoms with Crippen LogP contribution < -0.4 is 0 Å². The van der Waals surface area contributed by atoms with Crippen LogP contribution in [-0.2, 0) is 9.53 Å². The molecule has 4 heteroatoms. The zero-order valence-corrected chi connectivity index (χ0v) is 7.65. The number of aldehydes is 1. The van der Waals surface area contributed by atoms with E-state index in [4.69, 9.17) is 14.9 Å². The first kappa shape index (κ1) is 11.6. The lowest BCUT2D eigenvalue weighted by atomic mass is 10.2. The fourth-order valence-corrected chi connectivity index (χ4v) is 0.525. The largest absolute Gasteiger partial charge is 0.388 e. The van der Waals surface area contributed by atoms with Crippen molar-refractivity contribution >= 4 is 6.29 Å². The highest BCUT2D eigenvalue weighted by atomic mass is 16.5. The highest BCUT2D eigenvalue weighted by molar-refractivity contribution is 5.56. The van der Waals surface area contributed by atoms with E-state index in [2.05, 4.69) is 0 Å². The molecule has 2 unspecified atom stereocenters. The number of ether oxygens (including phenoxy) is 1. The lowest BCUT2D eigenvalue weighted by Crippen LogP contribution is -2.35. The third kappa shape index (κ3) is 5.23. The molecule has 0 heterocycles. The van der Waals surface area contributed by atoms with Crippen molar-refractivity contribution < 1.29 is 19.7 Å². The van der Waals surface area contributed by atoms with Gasteiger partial charge in [-0.2, -0.15) is 0 Å². The topological polar surface area (TPSA) is 66.8 Å². The molecule has 0 aromatic heterocycles. The summed E-state index contributed by atoms with van der Waals surface area (Å²) in [5.41, 5.74) is -0.371. The molecule has 12 heavy (non-hydrogen) atoms. The fourth-order valence-electron chi connectivity index (χ4n) is 0.525. The van der Waals surface area contributed by atoms with Gasteiger partial charge in [0.15, 0.2) is 6.29 Å². The van der Waals surface area contributed by atoms with Gasteiger partial charge in [0, 0.05) is 0 Å². The number of aliphatic hydroxyl groups is 2. The molecule has 2 N–H and O–H groups in total. The summed E-state index contributed by atoms with van der Waals surface area (Å²) in [6, 6.07) is 0. The molecule has 0 aliphatic heterocycles. The van der Waals surface area contributed by atoms with Crippen molar-refractivity contribution in [2.24, 2.45) is 0 Å². The first-order valence-electron chi connectivity index (χ1n) is 3.82. The number of hydrogen-bond donors (Lipinski definition) is 2. The second-order valence-electron chi connectivity index (χ2n) is 3.62. The Morgan fingerprint density at radius 1 is 1.42 bits per heavy atom. The van der Waals surface area contributed by atoms with Crippen LogP contribution in [0.15, 0.2) is 0 Å². The highest BCUT2D eigenvalue weighted by Crippen LogP contribution is 2.07. The van der Waals surface area contributed by atoms with E-state index < -0.39 is 12.2 Å². The van der Waals surface area contributed by atoms with Gasteiger partial charge < -0.3 is 19.7 Å². The molecule has 0 saturated carbocycles. The molecular weight excluding hydrogens is 160 g/mol. The van der Waals surface area contributed by atoms with E-state index in [-0.39, 0.29) is 18.5 Å². The van der Waals surface area contributed by atoms with Crippen LogP contribution in [0.3, 0.4) is 0 Å². The Morgan fingerprint density at radius 2 is 1.92 bits per heavy atom. The van der Waals surface area contributed by atoms with Gasteiger partial charge in [0.2, 0.25) is 0 Å². The van der Waals surface area contributed by atoms with E-state index in [0.717, 1.165) is 0 Å². The quantitative estimate of drug-likeness (QED) is 0.578.